The van der Waals surface area contributed by atoms with Crippen LogP contribution in [0.4, 0.5) is 0 Å². The highest BCUT2D eigenvalue weighted by Crippen LogP contribution is 2.22. The maximum absolute atomic E-state index is 12.2. The molecule has 6 nitrogen and oxygen atoms in total. The second-order valence-corrected chi connectivity index (χ2v) is 6.19. The summed E-state index contributed by atoms with van der Waals surface area (Å²) in [5, 5.41) is 10.7. The van der Waals surface area contributed by atoms with Crippen LogP contribution in [-0.2, 0) is 0 Å². The van der Waals surface area contributed by atoms with Crippen molar-refractivity contribution in [1.29, 1.82) is 0 Å². The molecule has 1 amide bonds. The third-order valence-electron chi connectivity index (χ3n) is 4.25. The number of hydrogen-bond acceptors (Lipinski definition) is 4. The predicted octanol–water partition coefficient (Wildman–Crippen LogP) is 3.44. The van der Waals surface area contributed by atoms with Crippen molar-refractivity contribution in [3.05, 3.63) is 78.6 Å². The number of pyridine rings is 1. The largest absolute Gasteiger partial charge is 0.479 e. The van der Waals surface area contributed by atoms with E-state index in [1.807, 2.05) is 60.7 Å². The summed E-state index contributed by atoms with van der Waals surface area (Å²) in [6.45, 7) is 0.434. The first-order chi connectivity index (χ1) is 14.3. The van der Waals surface area contributed by atoms with Crippen molar-refractivity contribution in [3.8, 4) is 28.8 Å². The second kappa shape index (κ2) is 8.72. The molecule has 0 saturated heterocycles. The molecule has 0 unspecified atom stereocenters. The molecule has 0 aliphatic heterocycles. The summed E-state index contributed by atoms with van der Waals surface area (Å²) < 4.78 is 5.70. The number of fused-ring (bicyclic) bond motifs is 1. The molecule has 2 aromatic heterocycles. The lowest BCUT2D eigenvalue weighted by molar-refractivity contribution is 0.0953. The zero-order valence-corrected chi connectivity index (χ0v) is 15.6. The monoisotopic (exact) mass is 382 g/mol. The Morgan fingerprint density at radius 3 is 2.79 bits per heavy atom. The SMILES string of the molecule is O=C(NCC#CCOc1cccc2cccnc12)c1cc(-c2ccccc2)n[nH]1. The third kappa shape index (κ3) is 4.42. The number of aromatic nitrogens is 3. The van der Waals surface area contributed by atoms with Gasteiger partial charge in [0.15, 0.2) is 0 Å². The van der Waals surface area contributed by atoms with E-state index in [4.69, 9.17) is 4.74 Å². The summed E-state index contributed by atoms with van der Waals surface area (Å²) in [6, 6.07) is 21.0. The molecule has 0 saturated carbocycles. The summed E-state index contributed by atoms with van der Waals surface area (Å²) >= 11 is 0. The molecule has 0 aliphatic carbocycles. The van der Waals surface area contributed by atoms with Crippen molar-refractivity contribution >= 4 is 16.8 Å². The molecule has 0 aliphatic rings. The van der Waals surface area contributed by atoms with Gasteiger partial charge in [0.05, 0.1) is 12.2 Å². The van der Waals surface area contributed by atoms with E-state index >= 15 is 0 Å². The Morgan fingerprint density at radius 1 is 1.03 bits per heavy atom. The average Bonchev–Trinajstić information content (AvgIpc) is 3.27. The molecule has 2 aromatic carbocycles. The second-order valence-electron chi connectivity index (χ2n) is 6.19. The van der Waals surface area contributed by atoms with Crippen molar-refractivity contribution in [3.63, 3.8) is 0 Å². The van der Waals surface area contributed by atoms with Crippen LogP contribution in [0.5, 0.6) is 5.75 Å². The van der Waals surface area contributed by atoms with Gasteiger partial charge in [-0.2, -0.15) is 5.10 Å². The lowest BCUT2D eigenvalue weighted by Gasteiger charge is -2.05. The van der Waals surface area contributed by atoms with Crippen LogP contribution in [0.1, 0.15) is 10.5 Å². The topological polar surface area (TPSA) is 79.9 Å². The Balaban J connectivity index is 1.28. The van der Waals surface area contributed by atoms with Crippen LogP contribution in [0.2, 0.25) is 0 Å². The molecule has 0 radical (unpaired) electrons. The summed E-state index contributed by atoms with van der Waals surface area (Å²) in [6.07, 6.45) is 1.73. The number of hydrogen-bond donors (Lipinski definition) is 2. The van der Waals surface area contributed by atoms with E-state index in [0.29, 0.717) is 11.4 Å². The lowest BCUT2D eigenvalue weighted by Crippen LogP contribution is -2.24. The highest BCUT2D eigenvalue weighted by molar-refractivity contribution is 5.93. The van der Waals surface area contributed by atoms with Crippen LogP contribution < -0.4 is 10.1 Å². The highest BCUT2D eigenvalue weighted by Gasteiger charge is 2.09. The first kappa shape index (κ1) is 18.3. The maximum atomic E-state index is 12.2. The Labute approximate surface area is 167 Å². The molecule has 0 fully saturated rings. The molecule has 2 heterocycles. The molecule has 142 valence electrons. The summed E-state index contributed by atoms with van der Waals surface area (Å²) in [4.78, 5) is 16.5. The van der Waals surface area contributed by atoms with E-state index in [9.17, 15) is 4.79 Å². The zero-order chi connectivity index (χ0) is 19.9. The van der Waals surface area contributed by atoms with Gasteiger partial charge in [0.1, 0.15) is 23.6 Å². The number of ether oxygens (including phenoxy) is 1. The number of benzene rings is 2. The Morgan fingerprint density at radius 2 is 1.90 bits per heavy atom. The number of amides is 1. The van der Waals surface area contributed by atoms with E-state index in [1.165, 1.54) is 0 Å². The number of carbonyl (C=O) groups excluding carboxylic acids is 1. The zero-order valence-electron chi connectivity index (χ0n) is 15.6. The van der Waals surface area contributed by atoms with Crippen molar-refractivity contribution in [2.75, 3.05) is 13.2 Å². The van der Waals surface area contributed by atoms with Crippen LogP contribution in [0.3, 0.4) is 0 Å². The molecule has 4 aromatic rings. The van der Waals surface area contributed by atoms with Gasteiger partial charge in [-0.1, -0.05) is 60.4 Å². The van der Waals surface area contributed by atoms with E-state index in [0.717, 1.165) is 22.2 Å². The number of nitrogens with one attached hydrogen (secondary N) is 2. The van der Waals surface area contributed by atoms with E-state index in [2.05, 4.69) is 32.3 Å². The van der Waals surface area contributed by atoms with Gasteiger partial charge in [-0.05, 0) is 18.2 Å². The smallest absolute Gasteiger partial charge is 0.270 e. The first-order valence-corrected chi connectivity index (χ1v) is 9.12. The minimum Gasteiger partial charge on any atom is -0.479 e. The van der Waals surface area contributed by atoms with Crippen LogP contribution in [0.15, 0.2) is 72.9 Å². The normalized spacial score (nSPS) is 10.2. The average molecular weight is 382 g/mol. The van der Waals surface area contributed by atoms with Crippen molar-refractivity contribution < 1.29 is 9.53 Å². The molecular weight excluding hydrogens is 364 g/mol. The molecule has 2 N–H and O–H groups in total. The number of nitrogens with zero attached hydrogens (tertiary/aromatic N) is 2. The summed E-state index contributed by atoms with van der Waals surface area (Å²) in [5.74, 6) is 6.21. The Bertz CT molecular complexity index is 1180. The maximum Gasteiger partial charge on any atom is 0.270 e. The Kier molecular flexibility index (Phi) is 5.49. The molecule has 6 heteroatoms. The third-order valence-corrected chi connectivity index (χ3v) is 4.25. The predicted molar refractivity (Wildman–Crippen MR) is 111 cm³/mol. The summed E-state index contributed by atoms with van der Waals surface area (Å²) in [7, 11) is 0. The number of H-pyrrole nitrogens is 1. The number of para-hydroxylation sites is 1. The van der Waals surface area contributed by atoms with Gasteiger partial charge in [0.25, 0.3) is 5.91 Å². The van der Waals surface area contributed by atoms with Crippen LogP contribution in [0, 0.1) is 11.8 Å². The van der Waals surface area contributed by atoms with Gasteiger partial charge in [0.2, 0.25) is 0 Å². The number of carbonyl (C=O) groups is 1. The van der Waals surface area contributed by atoms with E-state index in [-0.39, 0.29) is 19.1 Å². The molecule has 0 bridgehead atoms. The quantitative estimate of drug-likeness (QED) is 0.518. The first-order valence-electron chi connectivity index (χ1n) is 9.12. The Hall–Kier alpha value is -4.11. The molecule has 0 spiro atoms. The van der Waals surface area contributed by atoms with Crippen LogP contribution >= 0.6 is 0 Å². The number of aromatic amines is 1. The van der Waals surface area contributed by atoms with Gasteiger partial charge in [-0.15, -0.1) is 0 Å². The van der Waals surface area contributed by atoms with Gasteiger partial charge in [0, 0.05) is 17.1 Å². The molecule has 0 atom stereocenters. The van der Waals surface area contributed by atoms with E-state index in [1.54, 1.807) is 12.3 Å². The van der Waals surface area contributed by atoms with Crippen molar-refractivity contribution in [1.82, 2.24) is 20.5 Å². The van der Waals surface area contributed by atoms with Crippen molar-refractivity contribution in [2.24, 2.45) is 0 Å². The fourth-order valence-electron chi connectivity index (χ4n) is 2.83. The van der Waals surface area contributed by atoms with Gasteiger partial charge < -0.3 is 10.1 Å². The minimum absolute atomic E-state index is 0.216. The fourth-order valence-corrected chi connectivity index (χ4v) is 2.83. The number of rotatable bonds is 5. The van der Waals surface area contributed by atoms with Crippen LogP contribution in [-0.4, -0.2) is 34.2 Å². The fraction of sp³-hybridized carbons (Fsp3) is 0.0870. The van der Waals surface area contributed by atoms with E-state index < -0.39 is 0 Å². The minimum atomic E-state index is -0.256. The van der Waals surface area contributed by atoms with Gasteiger partial charge in [-0.25, -0.2) is 0 Å². The van der Waals surface area contributed by atoms with Crippen molar-refractivity contribution in [2.45, 2.75) is 0 Å². The lowest BCUT2D eigenvalue weighted by atomic mass is 10.1. The molecular formula is C23H18N4O2. The molecule has 29 heavy (non-hydrogen) atoms. The van der Waals surface area contributed by atoms with Gasteiger partial charge in [-0.3, -0.25) is 14.9 Å². The highest BCUT2D eigenvalue weighted by atomic mass is 16.5. The van der Waals surface area contributed by atoms with Gasteiger partial charge >= 0.3 is 0 Å². The van der Waals surface area contributed by atoms with Crippen LogP contribution in [0.25, 0.3) is 22.2 Å². The molecule has 4 rings (SSSR count). The summed E-state index contributed by atoms with van der Waals surface area (Å²) in [5.41, 5.74) is 2.86. The standard InChI is InChI=1S/C23H18N4O2/c28-23(20-16-19(26-27-20)17-8-2-1-3-9-17)25-13-4-5-15-29-21-12-6-10-18-11-7-14-24-22(18)21/h1-3,6-12,14,16H,13,15H2,(H,25,28)(H,26,27).